The van der Waals surface area contributed by atoms with Crippen molar-refractivity contribution in [1.82, 2.24) is 4.98 Å². The van der Waals surface area contributed by atoms with Crippen molar-refractivity contribution in [2.45, 2.75) is 50.5 Å². The number of aromatic nitrogens is 1. The predicted octanol–water partition coefficient (Wildman–Crippen LogP) is 3.46. The Labute approximate surface area is 138 Å². The zero-order valence-corrected chi connectivity index (χ0v) is 15.1. The second-order valence-corrected chi connectivity index (χ2v) is 8.97. The van der Waals surface area contributed by atoms with Gasteiger partial charge in [0.2, 0.25) is 0 Å². The lowest BCUT2D eigenvalue weighted by Crippen LogP contribution is -2.31. The minimum absolute atomic E-state index is 0.493. The molecule has 6 nitrogen and oxygen atoms in total. The van der Waals surface area contributed by atoms with Gasteiger partial charge in [0, 0.05) is 25.5 Å². The summed E-state index contributed by atoms with van der Waals surface area (Å²) in [5.41, 5.74) is -0.666. The van der Waals surface area contributed by atoms with Gasteiger partial charge in [-0.05, 0) is 52.2 Å². The Morgan fingerprint density at radius 1 is 1.30 bits per heavy atom. The molecule has 1 amide bonds. The molecule has 0 aromatic carbocycles. The highest BCUT2D eigenvalue weighted by atomic mass is 32.2. The molecule has 128 valence electrons. The number of anilines is 1. The summed E-state index contributed by atoms with van der Waals surface area (Å²) in [4.78, 5) is 18.9. The first kappa shape index (κ1) is 17.7. The molecule has 1 aromatic rings. The van der Waals surface area contributed by atoms with Crippen LogP contribution in [0.15, 0.2) is 27.6 Å². The number of hydrogen-bond acceptors (Lipinski definition) is 5. The fourth-order valence-electron chi connectivity index (χ4n) is 2.49. The Kier molecular flexibility index (Phi) is 5.29. The number of nitrogens with zero attached hydrogens (tertiary/aromatic N) is 3. The highest BCUT2D eigenvalue weighted by Gasteiger charge is 2.23. The summed E-state index contributed by atoms with van der Waals surface area (Å²) in [7, 11) is -2.92. The number of carbonyl (C=O) groups is 1. The molecule has 1 atom stereocenters. The Morgan fingerprint density at radius 3 is 2.57 bits per heavy atom. The lowest BCUT2D eigenvalue weighted by atomic mass is 10.1. The summed E-state index contributed by atoms with van der Waals surface area (Å²) in [6.07, 6.45) is 5.70. The van der Waals surface area contributed by atoms with Crippen molar-refractivity contribution in [2.75, 3.05) is 24.2 Å². The van der Waals surface area contributed by atoms with Crippen molar-refractivity contribution in [3.63, 3.8) is 0 Å². The van der Waals surface area contributed by atoms with Crippen LogP contribution >= 0.6 is 0 Å². The highest BCUT2D eigenvalue weighted by Crippen LogP contribution is 2.26. The molecule has 1 aromatic heterocycles. The number of pyridine rings is 1. The molecule has 0 bridgehead atoms. The maximum absolute atomic E-state index is 13.0. The quantitative estimate of drug-likeness (QED) is 0.825. The number of ether oxygens (including phenoxy) is 1. The lowest BCUT2D eigenvalue weighted by molar-refractivity contribution is 0.0607. The molecule has 1 fully saturated rings. The van der Waals surface area contributed by atoms with Gasteiger partial charge in [0.25, 0.3) is 0 Å². The van der Waals surface area contributed by atoms with Gasteiger partial charge in [-0.3, -0.25) is 0 Å². The topological polar surface area (TPSA) is 71.9 Å². The molecule has 2 rings (SSSR count). The molecule has 1 saturated heterocycles. The Balaban J connectivity index is 2.36. The molecule has 1 aliphatic heterocycles. The van der Waals surface area contributed by atoms with Gasteiger partial charge in [0.1, 0.15) is 11.4 Å². The van der Waals surface area contributed by atoms with E-state index >= 15 is 0 Å². The van der Waals surface area contributed by atoms with Crippen LogP contribution in [0.5, 0.6) is 0 Å². The predicted molar refractivity (Wildman–Crippen MR) is 91.3 cm³/mol. The fourth-order valence-corrected chi connectivity index (χ4v) is 3.76. The zero-order chi connectivity index (χ0) is 17.1. The van der Waals surface area contributed by atoms with Crippen molar-refractivity contribution in [2.24, 2.45) is 4.36 Å². The molecular formula is C16H25N3O3S. The van der Waals surface area contributed by atoms with Crippen molar-refractivity contribution in [1.29, 1.82) is 0 Å². The van der Waals surface area contributed by atoms with Gasteiger partial charge in [0.05, 0.1) is 14.6 Å². The molecule has 0 saturated carbocycles. The van der Waals surface area contributed by atoms with Crippen LogP contribution in [0.4, 0.5) is 10.6 Å². The van der Waals surface area contributed by atoms with Crippen LogP contribution in [0.25, 0.3) is 0 Å². The van der Waals surface area contributed by atoms with Gasteiger partial charge in [0.15, 0.2) is 0 Å². The number of piperidine rings is 1. The van der Waals surface area contributed by atoms with E-state index in [1.807, 2.05) is 0 Å². The minimum atomic E-state index is -2.92. The number of carbonyl (C=O) groups excluding carboxylic acids is 1. The molecule has 23 heavy (non-hydrogen) atoms. The van der Waals surface area contributed by atoms with Gasteiger partial charge < -0.3 is 9.64 Å². The third-order valence-electron chi connectivity index (χ3n) is 3.46. The molecule has 1 aliphatic rings. The number of rotatable bonds is 2. The Hall–Kier alpha value is -1.63. The average molecular weight is 339 g/mol. The second kappa shape index (κ2) is 6.86. The van der Waals surface area contributed by atoms with Crippen LogP contribution in [0.2, 0.25) is 0 Å². The molecule has 0 N–H and O–H groups in total. The Morgan fingerprint density at radius 2 is 1.96 bits per heavy atom. The van der Waals surface area contributed by atoms with Crippen LogP contribution < -0.4 is 4.90 Å². The van der Waals surface area contributed by atoms with Crippen LogP contribution in [0.1, 0.15) is 40.0 Å². The van der Waals surface area contributed by atoms with Crippen LogP contribution in [0, 0.1) is 0 Å². The highest BCUT2D eigenvalue weighted by molar-refractivity contribution is 7.93. The summed E-state index contributed by atoms with van der Waals surface area (Å²) < 4.78 is 22.0. The lowest BCUT2D eigenvalue weighted by Gasteiger charge is -2.29. The van der Waals surface area contributed by atoms with Gasteiger partial charge in [-0.2, -0.15) is 0 Å². The van der Waals surface area contributed by atoms with E-state index in [1.165, 1.54) is 12.7 Å². The van der Waals surface area contributed by atoms with E-state index in [-0.39, 0.29) is 0 Å². The van der Waals surface area contributed by atoms with Gasteiger partial charge in [-0.15, -0.1) is 4.36 Å². The summed E-state index contributed by atoms with van der Waals surface area (Å²) in [6, 6.07) is 3.45. The van der Waals surface area contributed by atoms with Crippen molar-refractivity contribution in [3.8, 4) is 0 Å². The monoisotopic (exact) mass is 339 g/mol. The summed E-state index contributed by atoms with van der Waals surface area (Å²) in [5, 5.41) is 0. The van der Waals surface area contributed by atoms with E-state index in [4.69, 9.17) is 4.74 Å². The average Bonchev–Trinajstić information content (AvgIpc) is 2.45. The summed E-state index contributed by atoms with van der Waals surface area (Å²) >= 11 is 0. The van der Waals surface area contributed by atoms with Gasteiger partial charge in [-0.25, -0.2) is 14.0 Å². The van der Waals surface area contributed by atoms with Crippen molar-refractivity contribution in [3.05, 3.63) is 18.3 Å². The number of amides is 1. The van der Waals surface area contributed by atoms with Crippen molar-refractivity contribution >= 4 is 21.6 Å². The molecule has 0 radical (unpaired) electrons. The van der Waals surface area contributed by atoms with Gasteiger partial charge in [-0.1, -0.05) is 0 Å². The van der Waals surface area contributed by atoms with Crippen LogP contribution in [-0.4, -0.2) is 40.2 Å². The van der Waals surface area contributed by atoms with E-state index in [2.05, 4.69) is 14.2 Å². The third-order valence-corrected chi connectivity index (χ3v) is 5.09. The molecule has 7 heteroatoms. The molecular weight excluding hydrogens is 314 g/mol. The van der Waals surface area contributed by atoms with E-state index in [9.17, 15) is 9.00 Å². The number of hydrogen-bond donors (Lipinski definition) is 0. The van der Waals surface area contributed by atoms with E-state index in [0.29, 0.717) is 10.7 Å². The van der Waals surface area contributed by atoms with Gasteiger partial charge >= 0.3 is 6.09 Å². The maximum atomic E-state index is 13.0. The smallest absolute Gasteiger partial charge is 0.442 e. The maximum Gasteiger partial charge on any atom is 0.442 e. The SMILES string of the molecule is CC(C)(C)OC(=O)N=S(C)(=O)c1cccnc1N1CCCCC1. The van der Waals surface area contributed by atoms with E-state index in [0.717, 1.165) is 25.9 Å². The second-order valence-electron chi connectivity index (χ2n) is 6.75. The molecule has 0 spiro atoms. The normalized spacial score (nSPS) is 18.2. The first-order chi connectivity index (χ1) is 10.7. The minimum Gasteiger partial charge on any atom is -0.442 e. The fraction of sp³-hybridized carbons (Fsp3) is 0.625. The molecule has 0 aliphatic carbocycles. The zero-order valence-electron chi connectivity index (χ0n) is 14.2. The van der Waals surface area contributed by atoms with Crippen LogP contribution in [0.3, 0.4) is 0 Å². The van der Waals surface area contributed by atoms with E-state index in [1.54, 1.807) is 39.1 Å². The first-order valence-electron chi connectivity index (χ1n) is 7.84. The van der Waals surface area contributed by atoms with Crippen molar-refractivity contribution < 1.29 is 13.7 Å². The third kappa shape index (κ3) is 4.92. The first-order valence-corrected chi connectivity index (χ1v) is 9.76. The van der Waals surface area contributed by atoms with Crippen LogP contribution in [-0.2, 0) is 14.5 Å². The van der Waals surface area contributed by atoms with E-state index < -0.39 is 21.4 Å². The summed E-state index contributed by atoms with van der Waals surface area (Å²) in [6.45, 7) is 7.02. The molecule has 2 heterocycles. The largest absolute Gasteiger partial charge is 0.442 e. The molecule has 1 unspecified atom stereocenters. The Bertz CT molecular complexity index is 682. The summed E-state index contributed by atoms with van der Waals surface area (Å²) in [5.74, 6) is 0.659. The standard InChI is InChI=1S/C16H25N3O3S/c1-16(2,3)22-15(20)18-23(4,21)13-9-8-10-17-14(13)19-11-6-5-7-12-19/h8-10H,5-7,11-12H2,1-4H3.